The first kappa shape index (κ1) is 17.1. The first-order valence-corrected chi connectivity index (χ1v) is 9.74. The highest BCUT2D eigenvalue weighted by atomic mass is 79.9. The van der Waals surface area contributed by atoms with E-state index < -0.39 is 0 Å². The van der Waals surface area contributed by atoms with E-state index in [4.69, 9.17) is 4.98 Å². The predicted octanol–water partition coefficient (Wildman–Crippen LogP) is 7.00. The summed E-state index contributed by atoms with van der Waals surface area (Å²) in [4.78, 5) is 9.40. The molecule has 4 aromatic rings. The predicted molar refractivity (Wildman–Crippen MR) is 114 cm³/mol. The molecule has 2 heterocycles. The van der Waals surface area contributed by atoms with Crippen LogP contribution in [0.5, 0.6) is 0 Å². The number of nitrogens with zero attached hydrogens (tertiary/aromatic N) is 2. The highest BCUT2D eigenvalue weighted by Crippen LogP contribution is 2.34. The lowest BCUT2D eigenvalue weighted by atomic mass is 9.98. The molecular weight excluding hydrogens is 452 g/mol. The molecule has 126 valence electrons. The monoisotopic (exact) mass is 464 g/mol. The SMILES string of the molecule is Brc1cccc(-c2ccc(-c3ccccn3)nc2-c2cccc(Br)c2)c1. The van der Waals surface area contributed by atoms with Crippen LogP contribution in [0.25, 0.3) is 33.8 Å². The van der Waals surface area contributed by atoms with Crippen molar-refractivity contribution in [2.24, 2.45) is 0 Å². The van der Waals surface area contributed by atoms with Crippen molar-refractivity contribution in [1.82, 2.24) is 9.97 Å². The summed E-state index contributed by atoms with van der Waals surface area (Å²) in [6, 6.07) is 26.5. The van der Waals surface area contributed by atoms with E-state index in [1.807, 2.05) is 48.5 Å². The molecule has 4 heteroatoms. The molecule has 4 rings (SSSR count). The zero-order valence-electron chi connectivity index (χ0n) is 13.7. The fraction of sp³-hybridized carbons (Fsp3) is 0. The molecule has 0 amide bonds. The second kappa shape index (κ2) is 7.52. The van der Waals surface area contributed by atoms with Gasteiger partial charge in [0.15, 0.2) is 0 Å². The Balaban J connectivity index is 1.94. The topological polar surface area (TPSA) is 25.8 Å². The summed E-state index contributed by atoms with van der Waals surface area (Å²) >= 11 is 7.13. The van der Waals surface area contributed by atoms with Crippen LogP contribution in [0.15, 0.2) is 94.0 Å². The van der Waals surface area contributed by atoms with Crippen LogP contribution in [-0.4, -0.2) is 9.97 Å². The molecule has 26 heavy (non-hydrogen) atoms. The number of hydrogen-bond donors (Lipinski definition) is 0. The van der Waals surface area contributed by atoms with Crippen LogP contribution in [0.4, 0.5) is 0 Å². The molecule has 2 aromatic carbocycles. The molecule has 0 bridgehead atoms. The maximum atomic E-state index is 4.96. The first-order valence-electron chi connectivity index (χ1n) is 8.15. The van der Waals surface area contributed by atoms with E-state index in [-0.39, 0.29) is 0 Å². The van der Waals surface area contributed by atoms with Crippen LogP contribution >= 0.6 is 31.9 Å². The van der Waals surface area contributed by atoms with Crippen molar-refractivity contribution in [1.29, 1.82) is 0 Å². The standard InChI is InChI=1S/C22H14Br2N2/c23-17-7-3-5-15(13-17)19-10-11-21(20-9-1-2-12-25-20)26-22(19)16-6-4-8-18(24)14-16/h1-14H. The molecule has 0 aliphatic carbocycles. The molecule has 2 nitrogen and oxygen atoms in total. The Hall–Kier alpha value is -2.30. The molecule has 0 unspecified atom stereocenters. The average Bonchev–Trinajstić information content (AvgIpc) is 2.68. The Bertz CT molecular complexity index is 1060. The van der Waals surface area contributed by atoms with Crippen molar-refractivity contribution >= 4 is 31.9 Å². The van der Waals surface area contributed by atoms with Crippen molar-refractivity contribution in [3.8, 4) is 33.8 Å². The van der Waals surface area contributed by atoms with Crippen LogP contribution in [0.1, 0.15) is 0 Å². The van der Waals surface area contributed by atoms with Gasteiger partial charge in [-0.25, -0.2) is 4.98 Å². The van der Waals surface area contributed by atoms with Gasteiger partial charge in [-0.3, -0.25) is 4.98 Å². The van der Waals surface area contributed by atoms with Crippen LogP contribution in [0.3, 0.4) is 0 Å². The third kappa shape index (κ3) is 3.62. The normalized spacial score (nSPS) is 10.7. The fourth-order valence-electron chi connectivity index (χ4n) is 2.86. The third-order valence-electron chi connectivity index (χ3n) is 4.06. The third-order valence-corrected chi connectivity index (χ3v) is 5.04. The van der Waals surface area contributed by atoms with Crippen LogP contribution in [0.2, 0.25) is 0 Å². The second-order valence-corrected chi connectivity index (χ2v) is 7.66. The minimum atomic E-state index is 0.860. The highest BCUT2D eigenvalue weighted by molar-refractivity contribution is 9.10. The van der Waals surface area contributed by atoms with Gasteiger partial charge in [-0.2, -0.15) is 0 Å². The largest absolute Gasteiger partial charge is 0.255 e. The minimum Gasteiger partial charge on any atom is -0.255 e. The van der Waals surface area contributed by atoms with Gasteiger partial charge in [-0.1, -0.05) is 62.2 Å². The van der Waals surface area contributed by atoms with E-state index in [9.17, 15) is 0 Å². The first-order chi connectivity index (χ1) is 12.7. The van der Waals surface area contributed by atoms with Crippen LogP contribution in [-0.2, 0) is 0 Å². The molecule has 0 spiro atoms. The Morgan fingerprint density at radius 2 is 1.35 bits per heavy atom. The fourth-order valence-corrected chi connectivity index (χ4v) is 3.66. The maximum Gasteiger partial charge on any atom is 0.0894 e. The van der Waals surface area contributed by atoms with Gasteiger partial charge in [0.05, 0.1) is 17.1 Å². The summed E-state index contributed by atoms with van der Waals surface area (Å²) in [6.45, 7) is 0. The number of hydrogen-bond acceptors (Lipinski definition) is 2. The molecule has 0 N–H and O–H groups in total. The maximum absolute atomic E-state index is 4.96. The van der Waals surface area contributed by atoms with Gasteiger partial charge in [-0.05, 0) is 54.1 Å². The van der Waals surface area contributed by atoms with E-state index in [1.165, 1.54) is 0 Å². The van der Waals surface area contributed by atoms with Crippen LogP contribution in [0, 0.1) is 0 Å². The number of halogens is 2. The number of benzene rings is 2. The lowest BCUT2D eigenvalue weighted by Gasteiger charge is -2.12. The zero-order chi connectivity index (χ0) is 17.9. The van der Waals surface area contributed by atoms with Gasteiger partial charge in [0, 0.05) is 26.3 Å². The van der Waals surface area contributed by atoms with E-state index in [0.29, 0.717) is 0 Å². The molecular formula is C22H14Br2N2. The average molecular weight is 466 g/mol. The number of pyridine rings is 2. The Morgan fingerprint density at radius 1 is 0.615 bits per heavy atom. The smallest absolute Gasteiger partial charge is 0.0894 e. The molecule has 0 aliphatic heterocycles. The van der Waals surface area contributed by atoms with Crippen molar-refractivity contribution < 1.29 is 0 Å². The van der Waals surface area contributed by atoms with Crippen molar-refractivity contribution in [3.63, 3.8) is 0 Å². The minimum absolute atomic E-state index is 0.860. The molecule has 0 fully saturated rings. The summed E-state index contributed by atoms with van der Waals surface area (Å²) in [6.07, 6.45) is 1.79. The van der Waals surface area contributed by atoms with E-state index in [2.05, 4.69) is 67.2 Å². The van der Waals surface area contributed by atoms with E-state index >= 15 is 0 Å². The van der Waals surface area contributed by atoms with Crippen molar-refractivity contribution in [2.45, 2.75) is 0 Å². The molecule has 2 aromatic heterocycles. The van der Waals surface area contributed by atoms with Crippen LogP contribution < -0.4 is 0 Å². The van der Waals surface area contributed by atoms with Crippen molar-refractivity contribution in [3.05, 3.63) is 94.0 Å². The van der Waals surface area contributed by atoms with Gasteiger partial charge in [0.25, 0.3) is 0 Å². The Morgan fingerprint density at radius 3 is 2.04 bits per heavy atom. The lowest BCUT2D eigenvalue weighted by molar-refractivity contribution is 1.25. The van der Waals surface area contributed by atoms with Gasteiger partial charge in [0.1, 0.15) is 0 Å². The molecule has 0 atom stereocenters. The van der Waals surface area contributed by atoms with Crippen molar-refractivity contribution in [2.75, 3.05) is 0 Å². The van der Waals surface area contributed by atoms with E-state index in [1.54, 1.807) is 6.20 Å². The summed E-state index contributed by atoms with van der Waals surface area (Å²) in [7, 11) is 0. The molecule has 0 saturated carbocycles. The van der Waals surface area contributed by atoms with Gasteiger partial charge in [-0.15, -0.1) is 0 Å². The Kier molecular flexibility index (Phi) is 4.96. The van der Waals surface area contributed by atoms with Gasteiger partial charge >= 0.3 is 0 Å². The lowest BCUT2D eigenvalue weighted by Crippen LogP contribution is -1.94. The number of aromatic nitrogens is 2. The summed E-state index contributed by atoms with van der Waals surface area (Å²) in [5.74, 6) is 0. The quantitative estimate of drug-likeness (QED) is 0.325. The number of rotatable bonds is 3. The highest BCUT2D eigenvalue weighted by Gasteiger charge is 2.12. The second-order valence-electron chi connectivity index (χ2n) is 5.83. The summed E-state index contributed by atoms with van der Waals surface area (Å²) in [5.41, 5.74) is 5.93. The zero-order valence-corrected chi connectivity index (χ0v) is 16.9. The molecule has 0 aliphatic rings. The summed E-state index contributed by atoms with van der Waals surface area (Å²) in [5, 5.41) is 0. The summed E-state index contributed by atoms with van der Waals surface area (Å²) < 4.78 is 2.07. The van der Waals surface area contributed by atoms with E-state index in [0.717, 1.165) is 42.7 Å². The molecule has 0 saturated heterocycles. The molecule has 0 radical (unpaired) electrons. The van der Waals surface area contributed by atoms with Gasteiger partial charge < -0.3 is 0 Å². The van der Waals surface area contributed by atoms with Gasteiger partial charge in [0.2, 0.25) is 0 Å². The Labute approximate surface area is 169 Å².